The van der Waals surface area contributed by atoms with E-state index in [1.807, 2.05) is 19.3 Å². The first-order valence-electron chi connectivity index (χ1n) is 9.66. The van der Waals surface area contributed by atoms with Gasteiger partial charge in [-0.15, -0.1) is 0 Å². The minimum Gasteiger partial charge on any atom is -0.450 e. The van der Waals surface area contributed by atoms with E-state index < -0.39 is 0 Å². The monoisotopic (exact) mass is 457 g/mol. The lowest BCUT2D eigenvalue weighted by Crippen LogP contribution is -2.34. The highest BCUT2D eigenvalue weighted by molar-refractivity contribution is 9.10. The minimum atomic E-state index is -0.284. The number of fused-ring (bicyclic) bond motifs is 3. The van der Waals surface area contributed by atoms with E-state index in [1.165, 1.54) is 0 Å². The van der Waals surface area contributed by atoms with Crippen LogP contribution in [0.2, 0.25) is 0 Å². The number of ether oxygens (including phenoxy) is 1. The van der Waals surface area contributed by atoms with E-state index in [1.54, 1.807) is 21.6 Å². The van der Waals surface area contributed by atoms with E-state index in [2.05, 4.69) is 37.9 Å². The van der Waals surface area contributed by atoms with Crippen molar-refractivity contribution in [2.45, 2.75) is 38.3 Å². The van der Waals surface area contributed by atoms with Gasteiger partial charge in [0.05, 0.1) is 18.5 Å². The first kappa shape index (κ1) is 18.5. The van der Waals surface area contributed by atoms with Gasteiger partial charge in [0, 0.05) is 36.8 Å². The fourth-order valence-electron chi connectivity index (χ4n) is 4.12. The molecule has 29 heavy (non-hydrogen) atoms. The molecule has 0 aromatic carbocycles. The molecule has 1 aliphatic rings. The quantitative estimate of drug-likeness (QED) is 0.434. The molecule has 5 rings (SSSR count). The molecule has 0 aliphatic carbocycles. The van der Waals surface area contributed by atoms with Crippen molar-refractivity contribution in [3.8, 4) is 11.3 Å². The Morgan fingerprint density at radius 2 is 2.21 bits per heavy atom. The van der Waals surface area contributed by atoms with Crippen LogP contribution in [0.3, 0.4) is 0 Å². The van der Waals surface area contributed by atoms with Crippen LogP contribution < -0.4 is 5.69 Å². The Kier molecular flexibility index (Phi) is 4.51. The normalized spacial score (nSPS) is 20.0. The molecule has 8 nitrogen and oxygen atoms in total. The molecule has 1 fully saturated rings. The van der Waals surface area contributed by atoms with E-state index in [4.69, 9.17) is 9.15 Å². The Bertz CT molecular complexity index is 1270. The predicted octanol–water partition coefficient (Wildman–Crippen LogP) is 3.83. The summed E-state index contributed by atoms with van der Waals surface area (Å²) in [6.07, 6.45) is 7.77. The summed E-state index contributed by atoms with van der Waals surface area (Å²) in [6, 6.07) is 1.90. The smallest absolute Gasteiger partial charge is 0.349 e. The number of hydrogen-bond acceptors (Lipinski definition) is 6. The van der Waals surface area contributed by atoms with Crippen molar-refractivity contribution >= 4 is 38.0 Å². The summed E-state index contributed by atoms with van der Waals surface area (Å²) in [5.41, 5.74) is 2.91. The number of rotatable bonds is 3. The second-order valence-corrected chi connectivity index (χ2v) is 8.19. The van der Waals surface area contributed by atoms with Crippen LogP contribution in [0.1, 0.15) is 32.2 Å². The first-order valence-corrected chi connectivity index (χ1v) is 10.5. The van der Waals surface area contributed by atoms with Crippen molar-refractivity contribution in [1.82, 2.24) is 24.3 Å². The SMILES string of the molecule is CCC1CC(n2c(=O)nc(-c3cnn(C)c3)c3oc4cnc(Br)cc4c32)CCO1. The molecule has 9 heteroatoms. The Morgan fingerprint density at radius 1 is 1.34 bits per heavy atom. The van der Waals surface area contributed by atoms with E-state index in [-0.39, 0.29) is 17.8 Å². The van der Waals surface area contributed by atoms with E-state index >= 15 is 0 Å². The van der Waals surface area contributed by atoms with Crippen LogP contribution >= 0.6 is 15.9 Å². The molecule has 2 unspecified atom stereocenters. The van der Waals surface area contributed by atoms with Gasteiger partial charge in [-0.3, -0.25) is 9.25 Å². The summed E-state index contributed by atoms with van der Waals surface area (Å²) in [5.74, 6) is 0. The third-order valence-electron chi connectivity index (χ3n) is 5.52. The van der Waals surface area contributed by atoms with Gasteiger partial charge < -0.3 is 9.15 Å². The van der Waals surface area contributed by atoms with Crippen LogP contribution in [0.5, 0.6) is 0 Å². The van der Waals surface area contributed by atoms with Gasteiger partial charge in [-0.2, -0.15) is 10.1 Å². The fourth-order valence-corrected chi connectivity index (χ4v) is 4.45. The molecule has 0 radical (unpaired) electrons. The molecule has 0 saturated carbocycles. The highest BCUT2D eigenvalue weighted by Gasteiger charge is 2.28. The lowest BCUT2D eigenvalue weighted by atomic mass is 10.0. The van der Waals surface area contributed by atoms with Gasteiger partial charge in [0.15, 0.2) is 11.2 Å². The van der Waals surface area contributed by atoms with Gasteiger partial charge >= 0.3 is 5.69 Å². The second-order valence-electron chi connectivity index (χ2n) is 7.38. The molecule has 0 N–H and O–H groups in total. The summed E-state index contributed by atoms with van der Waals surface area (Å²) < 4.78 is 16.2. The van der Waals surface area contributed by atoms with Crippen molar-refractivity contribution in [2.75, 3.05) is 6.61 Å². The molecule has 0 bridgehead atoms. The molecule has 1 saturated heterocycles. The molecule has 0 amide bonds. The van der Waals surface area contributed by atoms with Gasteiger partial charge in [-0.1, -0.05) is 6.92 Å². The van der Waals surface area contributed by atoms with Crippen LogP contribution in [0.25, 0.3) is 33.3 Å². The van der Waals surface area contributed by atoms with Gasteiger partial charge in [0.25, 0.3) is 0 Å². The Balaban J connectivity index is 1.83. The lowest BCUT2D eigenvalue weighted by Gasteiger charge is -2.30. The highest BCUT2D eigenvalue weighted by Crippen LogP contribution is 2.37. The van der Waals surface area contributed by atoms with Crippen LogP contribution in [-0.2, 0) is 11.8 Å². The number of halogens is 1. The van der Waals surface area contributed by atoms with Crippen molar-refractivity contribution in [3.05, 3.63) is 39.7 Å². The van der Waals surface area contributed by atoms with Crippen molar-refractivity contribution in [2.24, 2.45) is 7.05 Å². The third-order valence-corrected chi connectivity index (χ3v) is 5.96. The van der Waals surface area contributed by atoms with Crippen molar-refractivity contribution in [1.29, 1.82) is 0 Å². The number of furan rings is 1. The first-order chi connectivity index (χ1) is 14.0. The zero-order valence-electron chi connectivity index (χ0n) is 16.1. The molecule has 0 spiro atoms. The molecule has 150 valence electrons. The Labute approximate surface area is 174 Å². The molecule has 4 aromatic rings. The topological polar surface area (TPSA) is 88.0 Å². The molecule has 4 aromatic heterocycles. The molecular formula is C20H20BrN5O3. The average molecular weight is 458 g/mol. The molecule has 1 aliphatic heterocycles. The number of aromatic nitrogens is 5. The van der Waals surface area contributed by atoms with Crippen LogP contribution in [0.4, 0.5) is 0 Å². The highest BCUT2D eigenvalue weighted by atomic mass is 79.9. The summed E-state index contributed by atoms with van der Waals surface area (Å²) in [4.78, 5) is 22.0. The van der Waals surface area contributed by atoms with Crippen LogP contribution in [0.15, 0.2) is 38.5 Å². The summed E-state index contributed by atoms with van der Waals surface area (Å²) in [7, 11) is 1.83. The maximum absolute atomic E-state index is 13.3. The number of hydrogen-bond donors (Lipinski definition) is 0. The second kappa shape index (κ2) is 7.07. The van der Waals surface area contributed by atoms with Crippen molar-refractivity contribution < 1.29 is 9.15 Å². The van der Waals surface area contributed by atoms with Gasteiger partial charge in [-0.05, 0) is 41.3 Å². The Hall–Kier alpha value is -2.52. The summed E-state index contributed by atoms with van der Waals surface area (Å²) >= 11 is 3.44. The summed E-state index contributed by atoms with van der Waals surface area (Å²) in [5, 5.41) is 5.06. The predicted molar refractivity (Wildman–Crippen MR) is 112 cm³/mol. The number of nitrogens with zero attached hydrogens (tertiary/aromatic N) is 5. The van der Waals surface area contributed by atoms with Crippen LogP contribution in [-0.4, -0.2) is 37.0 Å². The summed E-state index contributed by atoms with van der Waals surface area (Å²) in [6.45, 7) is 2.73. The van der Waals surface area contributed by atoms with E-state index in [0.29, 0.717) is 28.1 Å². The standard InChI is InChI=1S/C20H20BrN5O3/c1-3-13-6-12(4-5-28-13)26-18-14-7-16(21)22-9-15(14)29-19(18)17(24-20(26)27)11-8-23-25(2)10-11/h7-10,12-13H,3-6H2,1-2H3. The lowest BCUT2D eigenvalue weighted by molar-refractivity contribution is -0.00709. The Morgan fingerprint density at radius 3 is 2.97 bits per heavy atom. The number of pyridine rings is 1. The zero-order chi connectivity index (χ0) is 20.1. The minimum absolute atomic E-state index is 0.00638. The fraction of sp³-hybridized carbons (Fsp3) is 0.400. The zero-order valence-corrected chi connectivity index (χ0v) is 17.7. The van der Waals surface area contributed by atoms with Gasteiger partial charge in [0.2, 0.25) is 0 Å². The number of aryl methyl sites for hydroxylation is 1. The maximum Gasteiger partial charge on any atom is 0.349 e. The molecule has 2 atom stereocenters. The van der Waals surface area contributed by atoms with E-state index in [9.17, 15) is 4.79 Å². The van der Waals surface area contributed by atoms with Crippen molar-refractivity contribution in [3.63, 3.8) is 0 Å². The van der Waals surface area contributed by atoms with Crippen LogP contribution in [0, 0.1) is 0 Å². The molecular weight excluding hydrogens is 438 g/mol. The van der Waals surface area contributed by atoms with E-state index in [0.717, 1.165) is 35.7 Å². The maximum atomic E-state index is 13.3. The van der Waals surface area contributed by atoms with Gasteiger partial charge in [0.1, 0.15) is 15.8 Å². The average Bonchev–Trinajstić information content (AvgIpc) is 3.31. The molecule has 5 heterocycles. The third kappa shape index (κ3) is 3.08. The van der Waals surface area contributed by atoms with Gasteiger partial charge in [-0.25, -0.2) is 9.78 Å². The largest absolute Gasteiger partial charge is 0.450 e.